The third-order valence-electron chi connectivity index (χ3n) is 4.20. The lowest BCUT2D eigenvalue weighted by molar-refractivity contribution is 0.380. The zero-order valence-corrected chi connectivity index (χ0v) is 14.2. The number of hydrogen-bond acceptors (Lipinski definition) is 2. The van der Waals surface area contributed by atoms with E-state index >= 15 is 0 Å². The van der Waals surface area contributed by atoms with Crippen molar-refractivity contribution in [3.05, 3.63) is 34.3 Å². The summed E-state index contributed by atoms with van der Waals surface area (Å²) in [6.45, 7) is 5.75. The maximum Gasteiger partial charge on any atom is 0.0294 e. The van der Waals surface area contributed by atoms with Crippen LogP contribution >= 0.6 is 15.9 Å². The van der Waals surface area contributed by atoms with Crippen LogP contribution in [0, 0.1) is 0 Å². The first kappa shape index (κ1) is 16.0. The third-order valence-corrected chi connectivity index (χ3v) is 4.73. The Hall–Kier alpha value is -0.380. The summed E-state index contributed by atoms with van der Waals surface area (Å²) in [5.41, 5.74) is 1.36. The molecule has 0 amide bonds. The van der Waals surface area contributed by atoms with Crippen LogP contribution in [0.1, 0.15) is 57.6 Å². The molecule has 1 aliphatic heterocycles. The van der Waals surface area contributed by atoms with E-state index in [0.717, 1.165) is 4.47 Å². The molecule has 20 heavy (non-hydrogen) atoms. The molecule has 0 bridgehead atoms. The smallest absolute Gasteiger partial charge is 0.0294 e. The summed E-state index contributed by atoms with van der Waals surface area (Å²) in [4.78, 5) is 0. The molecule has 0 spiro atoms. The first-order chi connectivity index (χ1) is 9.65. The molecule has 1 heterocycles. The van der Waals surface area contributed by atoms with E-state index in [2.05, 4.69) is 64.7 Å². The van der Waals surface area contributed by atoms with Crippen molar-refractivity contribution in [3.8, 4) is 0 Å². The zero-order chi connectivity index (χ0) is 14.4. The monoisotopic (exact) mass is 338 g/mol. The van der Waals surface area contributed by atoms with Crippen LogP contribution < -0.4 is 10.6 Å². The standard InChI is InChI=1S/C17H27BrN2/c1-13(12-17-6-4-3-5-11-19-17)20-14(2)15-7-9-16(18)10-8-15/h7-10,13-14,17,19-20H,3-6,11-12H2,1-2H3. The van der Waals surface area contributed by atoms with Crippen LogP contribution in [0.5, 0.6) is 0 Å². The molecule has 3 atom stereocenters. The highest BCUT2D eigenvalue weighted by Crippen LogP contribution is 2.18. The molecule has 0 saturated carbocycles. The van der Waals surface area contributed by atoms with E-state index in [4.69, 9.17) is 0 Å². The van der Waals surface area contributed by atoms with Gasteiger partial charge in [-0.1, -0.05) is 40.9 Å². The van der Waals surface area contributed by atoms with Gasteiger partial charge < -0.3 is 10.6 Å². The van der Waals surface area contributed by atoms with Crippen LogP contribution in [0.25, 0.3) is 0 Å². The Balaban J connectivity index is 1.80. The Bertz CT molecular complexity index is 382. The van der Waals surface area contributed by atoms with Crippen LogP contribution in [-0.2, 0) is 0 Å². The van der Waals surface area contributed by atoms with E-state index in [1.165, 1.54) is 44.2 Å². The van der Waals surface area contributed by atoms with Gasteiger partial charge in [0.05, 0.1) is 0 Å². The summed E-state index contributed by atoms with van der Waals surface area (Å²) in [6.07, 6.45) is 6.67. The molecule has 2 N–H and O–H groups in total. The Morgan fingerprint density at radius 2 is 1.95 bits per heavy atom. The fraction of sp³-hybridized carbons (Fsp3) is 0.647. The van der Waals surface area contributed by atoms with Gasteiger partial charge in [-0.05, 0) is 57.4 Å². The van der Waals surface area contributed by atoms with E-state index in [1.807, 2.05) is 0 Å². The second-order valence-electron chi connectivity index (χ2n) is 6.08. The van der Waals surface area contributed by atoms with Crippen LogP contribution in [0.4, 0.5) is 0 Å². The molecule has 112 valence electrons. The molecule has 1 saturated heterocycles. The van der Waals surface area contributed by atoms with E-state index in [9.17, 15) is 0 Å². The van der Waals surface area contributed by atoms with Gasteiger partial charge in [0.2, 0.25) is 0 Å². The van der Waals surface area contributed by atoms with E-state index in [-0.39, 0.29) is 0 Å². The van der Waals surface area contributed by atoms with Gasteiger partial charge >= 0.3 is 0 Å². The highest BCUT2D eigenvalue weighted by Gasteiger charge is 2.16. The van der Waals surface area contributed by atoms with Crippen molar-refractivity contribution in [3.63, 3.8) is 0 Å². The molecule has 1 fully saturated rings. The lowest BCUT2D eigenvalue weighted by Gasteiger charge is -2.25. The molecule has 0 aliphatic carbocycles. The second-order valence-corrected chi connectivity index (χ2v) is 6.99. The SMILES string of the molecule is CC(CC1CCCCCN1)NC(C)c1ccc(Br)cc1. The lowest BCUT2D eigenvalue weighted by Crippen LogP contribution is -2.37. The number of rotatable bonds is 5. The number of nitrogens with one attached hydrogen (secondary N) is 2. The quantitative estimate of drug-likeness (QED) is 0.830. The summed E-state index contributed by atoms with van der Waals surface area (Å²) in [5.74, 6) is 0. The molecule has 1 aromatic rings. The first-order valence-corrected chi connectivity index (χ1v) is 8.69. The van der Waals surface area contributed by atoms with Crippen LogP contribution in [0.2, 0.25) is 0 Å². The van der Waals surface area contributed by atoms with Gasteiger partial charge in [0.25, 0.3) is 0 Å². The van der Waals surface area contributed by atoms with E-state index < -0.39 is 0 Å². The van der Waals surface area contributed by atoms with Crippen LogP contribution in [0.3, 0.4) is 0 Å². The van der Waals surface area contributed by atoms with Gasteiger partial charge in [0.15, 0.2) is 0 Å². The van der Waals surface area contributed by atoms with Crippen molar-refractivity contribution in [2.45, 2.75) is 64.1 Å². The largest absolute Gasteiger partial charge is 0.314 e. The first-order valence-electron chi connectivity index (χ1n) is 7.90. The minimum Gasteiger partial charge on any atom is -0.314 e. The van der Waals surface area contributed by atoms with Gasteiger partial charge in [0.1, 0.15) is 0 Å². The molecule has 0 aromatic heterocycles. The fourth-order valence-electron chi connectivity index (χ4n) is 3.07. The summed E-state index contributed by atoms with van der Waals surface area (Å²) in [6, 6.07) is 10.3. The molecular weight excluding hydrogens is 312 g/mol. The maximum absolute atomic E-state index is 3.73. The van der Waals surface area contributed by atoms with Crippen LogP contribution in [-0.4, -0.2) is 18.6 Å². The minimum atomic E-state index is 0.406. The normalized spacial score (nSPS) is 23.1. The summed E-state index contributed by atoms with van der Waals surface area (Å²) in [5, 5.41) is 7.41. The number of hydrogen-bond donors (Lipinski definition) is 2. The third kappa shape index (κ3) is 5.19. The molecular formula is C17H27BrN2. The van der Waals surface area contributed by atoms with Gasteiger partial charge in [-0.15, -0.1) is 0 Å². The predicted octanol–water partition coefficient (Wildman–Crippen LogP) is 4.41. The van der Waals surface area contributed by atoms with E-state index in [0.29, 0.717) is 18.1 Å². The van der Waals surface area contributed by atoms with Crippen molar-refractivity contribution in [1.82, 2.24) is 10.6 Å². The Morgan fingerprint density at radius 1 is 1.20 bits per heavy atom. The highest BCUT2D eigenvalue weighted by molar-refractivity contribution is 9.10. The van der Waals surface area contributed by atoms with E-state index in [1.54, 1.807) is 0 Å². The Labute approximate surface area is 131 Å². The number of halogens is 1. The zero-order valence-electron chi connectivity index (χ0n) is 12.7. The van der Waals surface area contributed by atoms with Gasteiger partial charge in [-0.3, -0.25) is 0 Å². The Kier molecular flexibility index (Phi) is 6.53. The summed E-state index contributed by atoms with van der Waals surface area (Å²) < 4.78 is 1.14. The van der Waals surface area contributed by atoms with Crippen molar-refractivity contribution in [2.24, 2.45) is 0 Å². The van der Waals surface area contributed by atoms with Gasteiger partial charge in [0, 0.05) is 22.6 Å². The topological polar surface area (TPSA) is 24.1 Å². The molecule has 2 nitrogen and oxygen atoms in total. The van der Waals surface area contributed by atoms with Crippen molar-refractivity contribution >= 4 is 15.9 Å². The minimum absolute atomic E-state index is 0.406. The molecule has 3 heteroatoms. The average Bonchev–Trinajstić information content (AvgIpc) is 2.68. The molecule has 2 rings (SSSR count). The molecule has 3 unspecified atom stereocenters. The van der Waals surface area contributed by atoms with Gasteiger partial charge in [-0.25, -0.2) is 0 Å². The van der Waals surface area contributed by atoms with Crippen molar-refractivity contribution < 1.29 is 0 Å². The average molecular weight is 339 g/mol. The van der Waals surface area contributed by atoms with Crippen molar-refractivity contribution in [2.75, 3.05) is 6.54 Å². The van der Waals surface area contributed by atoms with Gasteiger partial charge in [-0.2, -0.15) is 0 Å². The van der Waals surface area contributed by atoms with Crippen molar-refractivity contribution in [1.29, 1.82) is 0 Å². The lowest BCUT2D eigenvalue weighted by atomic mass is 10.0. The fourth-order valence-corrected chi connectivity index (χ4v) is 3.34. The maximum atomic E-state index is 3.73. The number of benzene rings is 1. The predicted molar refractivity (Wildman–Crippen MR) is 90.0 cm³/mol. The summed E-state index contributed by atoms with van der Waals surface area (Å²) >= 11 is 3.49. The molecule has 0 radical (unpaired) electrons. The van der Waals surface area contributed by atoms with Crippen LogP contribution in [0.15, 0.2) is 28.7 Å². The summed E-state index contributed by atoms with van der Waals surface area (Å²) in [7, 11) is 0. The molecule has 1 aliphatic rings. The molecule has 1 aromatic carbocycles. The second kappa shape index (κ2) is 8.16. The Morgan fingerprint density at radius 3 is 2.70 bits per heavy atom. The highest BCUT2D eigenvalue weighted by atomic mass is 79.9.